The molecule has 0 bridgehead atoms. The highest BCUT2D eigenvalue weighted by molar-refractivity contribution is 6.32. The zero-order chi connectivity index (χ0) is 17.7. The molecule has 0 aliphatic heterocycles. The van der Waals surface area contributed by atoms with Crippen molar-refractivity contribution < 1.29 is 9.53 Å². The molecule has 24 heavy (non-hydrogen) atoms. The fraction of sp³-hybridized carbons (Fsp3) is 0.222. The van der Waals surface area contributed by atoms with Crippen LogP contribution in [0.2, 0.25) is 5.02 Å². The van der Waals surface area contributed by atoms with Crippen LogP contribution in [-0.2, 0) is 4.79 Å². The number of halogens is 1. The number of anilines is 1. The second-order valence-electron chi connectivity index (χ2n) is 5.52. The van der Waals surface area contributed by atoms with E-state index in [2.05, 4.69) is 10.5 Å². The largest absolute Gasteiger partial charge is 0.484 e. The van der Waals surface area contributed by atoms with E-state index in [1.807, 2.05) is 26.0 Å². The van der Waals surface area contributed by atoms with Crippen LogP contribution in [0.15, 0.2) is 41.5 Å². The van der Waals surface area contributed by atoms with Crippen molar-refractivity contribution in [2.75, 3.05) is 12.3 Å². The molecule has 0 saturated carbocycles. The molecule has 2 aromatic carbocycles. The molecule has 0 atom stereocenters. The molecular formula is C18H20ClN3O2. The molecule has 0 aromatic heterocycles. The highest BCUT2D eigenvalue weighted by Gasteiger charge is 2.06. The minimum atomic E-state index is -0.344. The topological polar surface area (TPSA) is 76.7 Å². The molecule has 6 heteroatoms. The first-order chi connectivity index (χ1) is 11.4. The standard InChI is InChI=1S/C18H20ClN3O2/c1-11-7-16(8-12(2)18(11)19)24-10-17(23)22-21-13(3)14-5-4-6-15(20)9-14/h4-9H,10,20H2,1-3H3,(H,22,23)/b21-13+. The maximum atomic E-state index is 11.9. The molecule has 0 fully saturated rings. The molecule has 0 saturated heterocycles. The van der Waals surface area contributed by atoms with Crippen molar-refractivity contribution in [1.29, 1.82) is 0 Å². The Labute approximate surface area is 146 Å². The molecule has 0 aliphatic rings. The quantitative estimate of drug-likeness (QED) is 0.495. The van der Waals surface area contributed by atoms with Gasteiger partial charge in [0.15, 0.2) is 6.61 Å². The van der Waals surface area contributed by atoms with Crippen LogP contribution in [0.4, 0.5) is 5.69 Å². The van der Waals surface area contributed by atoms with E-state index in [0.29, 0.717) is 22.2 Å². The third-order valence-electron chi connectivity index (χ3n) is 3.43. The zero-order valence-corrected chi connectivity index (χ0v) is 14.6. The Bertz CT molecular complexity index is 765. The van der Waals surface area contributed by atoms with Gasteiger partial charge in [0.25, 0.3) is 5.91 Å². The summed E-state index contributed by atoms with van der Waals surface area (Å²) in [6.45, 7) is 5.44. The van der Waals surface area contributed by atoms with Gasteiger partial charge in [0, 0.05) is 10.7 Å². The summed E-state index contributed by atoms with van der Waals surface area (Å²) in [7, 11) is 0. The molecule has 0 aliphatic carbocycles. The number of benzene rings is 2. The number of nitrogens with one attached hydrogen (secondary N) is 1. The van der Waals surface area contributed by atoms with Gasteiger partial charge in [-0.2, -0.15) is 5.10 Å². The summed E-state index contributed by atoms with van der Waals surface area (Å²) < 4.78 is 5.48. The second kappa shape index (κ2) is 7.84. The molecule has 0 radical (unpaired) electrons. The number of hydrazone groups is 1. The van der Waals surface area contributed by atoms with Gasteiger partial charge in [0.1, 0.15) is 5.75 Å². The summed E-state index contributed by atoms with van der Waals surface area (Å²) in [5, 5.41) is 4.76. The normalized spacial score (nSPS) is 11.2. The highest BCUT2D eigenvalue weighted by atomic mass is 35.5. The van der Waals surface area contributed by atoms with Crippen LogP contribution in [0.25, 0.3) is 0 Å². The molecule has 5 nitrogen and oxygen atoms in total. The smallest absolute Gasteiger partial charge is 0.277 e. The zero-order valence-electron chi connectivity index (χ0n) is 13.9. The monoisotopic (exact) mass is 345 g/mol. The Hall–Kier alpha value is -2.53. The summed E-state index contributed by atoms with van der Waals surface area (Å²) in [5.74, 6) is 0.254. The van der Waals surface area contributed by atoms with Crippen molar-refractivity contribution in [2.45, 2.75) is 20.8 Å². The van der Waals surface area contributed by atoms with Crippen molar-refractivity contribution in [3.05, 3.63) is 58.1 Å². The molecule has 0 heterocycles. The lowest BCUT2D eigenvalue weighted by Gasteiger charge is -2.09. The Morgan fingerprint density at radius 1 is 1.25 bits per heavy atom. The number of carbonyl (C=O) groups excluding carboxylic acids is 1. The number of carbonyl (C=O) groups is 1. The first kappa shape index (κ1) is 17.8. The van der Waals surface area contributed by atoms with Gasteiger partial charge in [-0.3, -0.25) is 4.79 Å². The number of nitrogen functional groups attached to an aromatic ring is 1. The summed E-state index contributed by atoms with van der Waals surface area (Å²) in [6.07, 6.45) is 0. The summed E-state index contributed by atoms with van der Waals surface area (Å²) in [5.41, 5.74) is 12.2. The van der Waals surface area contributed by atoms with Gasteiger partial charge >= 0.3 is 0 Å². The van der Waals surface area contributed by atoms with Crippen LogP contribution >= 0.6 is 11.6 Å². The van der Waals surface area contributed by atoms with Gasteiger partial charge in [-0.1, -0.05) is 23.7 Å². The van der Waals surface area contributed by atoms with E-state index < -0.39 is 0 Å². The predicted molar refractivity (Wildman–Crippen MR) is 97.6 cm³/mol. The van der Waals surface area contributed by atoms with Crippen LogP contribution < -0.4 is 15.9 Å². The molecule has 2 rings (SSSR count). The third kappa shape index (κ3) is 4.73. The first-order valence-corrected chi connectivity index (χ1v) is 7.83. The number of hydrogen-bond donors (Lipinski definition) is 2. The lowest BCUT2D eigenvalue weighted by Crippen LogP contribution is -2.25. The SMILES string of the molecule is C/C(=N\NC(=O)COc1cc(C)c(Cl)c(C)c1)c1cccc(N)c1. The van der Waals surface area contributed by atoms with Crippen LogP contribution in [0.1, 0.15) is 23.6 Å². The number of ether oxygens (including phenoxy) is 1. The maximum absolute atomic E-state index is 11.9. The number of nitrogens with zero attached hydrogens (tertiary/aromatic N) is 1. The highest BCUT2D eigenvalue weighted by Crippen LogP contribution is 2.25. The van der Waals surface area contributed by atoms with Crippen LogP contribution in [0, 0.1) is 13.8 Å². The van der Waals surface area contributed by atoms with E-state index >= 15 is 0 Å². The van der Waals surface area contributed by atoms with Gasteiger partial charge in [0.2, 0.25) is 0 Å². The van der Waals surface area contributed by atoms with Crippen molar-refractivity contribution in [3.8, 4) is 5.75 Å². The molecule has 0 spiro atoms. The fourth-order valence-electron chi connectivity index (χ4n) is 2.15. The van der Waals surface area contributed by atoms with Crippen molar-refractivity contribution in [2.24, 2.45) is 5.10 Å². The Balaban J connectivity index is 1.93. The van der Waals surface area contributed by atoms with Crippen molar-refractivity contribution >= 4 is 28.9 Å². The molecule has 0 unspecified atom stereocenters. The average Bonchev–Trinajstić information content (AvgIpc) is 2.55. The van der Waals surface area contributed by atoms with Gasteiger partial charge in [0.05, 0.1) is 5.71 Å². The van der Waals surface area contributed by atoms with E-state index in [4.69, 9.17) is 22.1 Å². The first-order valence-electron chi connectivity index (χ1n) is 7.45. The molecule has 1 amide bonds. The number of aryl methyl sites for hydroxylation is 2. The minimum Gasteiger partial charge on any atom is -0.484 e. The predicted octanol–water partition coefficient (Wildman–Crippen LogP) is 3.46. The second-order valence-corrected chi connectivity index (χ2v) is 5.90. The average molecular weight is 346 g/mol. The number of nitrogens with two attached hydrogens (primary N) is 1. The van der Waals surface area contributed by atoms with E-state index in [9.17, 15) is 4.79 Å². The van der Waals surface area contributed by atoms with E-state index in [1.165, 1.54) is 0 Å². The Morgan fingerprint density at radius 3 is 2.54 bits per heavy atom. The Morgan fingerprint density at radius 2 is 1.92 bits per heavy atom. The fourth-order valence-corrected chi connectivity index (χ4v) is 2.25. The van der Waals surface area contributed by atoms with Gasteiger partial charge < -0.3 is 10.5 Å². The van der Waals surface area contributed by atoms with Crippen LogP contribution in [0.3, 0.4) is 0 Å². The number of amides is 1. The van der Waals surface area contributed by atoms with Crippen molar-refractivity contribution in [3.63, 3.8) is 0 Å². The van der Waals surface area contributed by atoms with Gasteiger partial charge in [-0.25, -0.2) is 5.43 Å². The minimum absolute atomic E-state index is 0.131. The molecular weight excluding hydrogens is 326 g/mol. The summed E-state index contributed by atoms with van der Waals surface area (Å²) >= 11 is 6.10. The lowest BCUT2D eigenvalue weighted by atomic mass is 10.1. The van der Waals surface area contributed by atoms with Gasteiger partial charge in [-0.05, 0) is 61.7 Å². The van der Waals surface area contributed by atoms with Gasteiger partial charge in [-0.15, -0.1) is 0 Å². The Kier molecular flexibility index (Phi) is 5.82. The number of hydrogen-bond acceptors (Lipinski definition) is 4. The maximum Gasteiger partial charge on any atom is 0.277 e. The lowest BCUT2D eigenvalue weighted by molar-refractivity contribution is -0.123. The van der Waals surface area contributed by atoms with E-state index in [0.717, 1.165) is 16.7 Å². The summed E-state index contributed by atoms with van der Waals surface area (Å²) in [4.78, 5) is 11.9. The molecule has 3 N–H and O–H groups in total. The van der Waals surface area contributed by atoms with E-state index in [-0.39, 0.29) is 12.5 Å². The van der Waals surface area contributed by atoms with Crippen LogP contribution in [0.5, 0.6) is 5.75 Å². The molecule has 126 valence electrons. The van der Waals surface area contributed by atoms with Crippen molar-refractivity contribution in [1.82, 2.24) is 5.43 Å². The van der Waals surface area contributed by atoms with E-state index in [1.54, 1.807) is 31.2 Å². The third-order valence-corrected chi connectivity index (χ3v) is 4.03. The van der Waals surface area contributed by atoms with Crippen LogP contribution in [-0.4, -0.2) is 18.2 Å². The molecule has 2 aromatic rings. The number of rotatable bonds is 5. The summed E-state index contributed by atoms with van der Waals surface area (Å²) in [6, 6.07) is 10.9.